The van der Waals surface area contributed by atoms with E-state index < -0.39 is 17.8 Å². The van der Waals surface area contributed by atoms with Crippen LogP contribution < -0.4 is 4.90 Å². The Morgan fingerprint density at radius 1 is 1.41 bits per heavy atom. The van der Waals surface area contributed by atoms with E-state index in [0.717, 1.165) is 5.56 Å². The van der Waals surface area contributed by atoms with Crippen LogP contribution >= 0.6 is 15.9 Å². The summed E-state index contributed by atoms with van der Waals surface area (Å²) in [5.41, 5.74) is 0.451. The van der Waals surface area contributed by atoms with Crippen molar-refractivity contribution in [3.05, 3.63) is 23.8 Å². The highest BCUT2D eigenvalue weighted by atomic mass is 79.9. The first-order chi connectivity index (χ1) is 10.2. The van der Waals surface area contributed by atoms with E-state index in [1.54, 1.807) is 32.9 Å². The van der Waals surface area contributed by atoms with Crippen molar-refractivity contribution in [2.75, 3.05) is 4.90 Å². The van der Waals surface area contributed by atoms with Crippen molar-refractivity contribution in [1.82, 2.24) is 5.16 Å². The van der Waals surface area contributed by atoms with Crippen LogP contribution in [0.2, 0.25) is 0 Å². The number of amides is 2. The molecule has 0 aliphatic heterocycles. The molecule has 22 heavy (non-hydrogen) atoms. The average molecular weight is 371 g/mol. The molecule has 0 unspecified atom stereocenters. The Balaban J connectivity index is 2.49. The number of fused-ring (bicyclic) bond motifs is 1. The van der Waals surface area contributed by atoms with E-state index in [-0.39, 0.29) is 5.82 Å². The third kappa shape index (κ3) is 3.38. The van der Waals surface area contributed by atoms with Crippen molar-refractivity contribution in [1.29, 1.82) is 0 Å². The number of rotatable bonds is 2. The van der Waals surface area contributed by atoms with Crippen molar-refractivity contribution in [3.8, 4) is 0 Å². The number of halogens is 1. The molecule has 0 radical (unpaired) electrons. The second-order valence-electron chi connectivity index (χ2n) is 5.57. The molecule has 1 N–H and O–H groups in total. The molecule has 2 aromatic rings. The van der Waals surface area contributed by atoms with Crippen LogP contribution in [-0.2, 0) is 10.1 Å². The van der Waals surface area contributed by atoms with E-state index in [2.05, 4.69) is 21.1 Å². The number of carbonyl (C=O) groups excluding carboxylic acids is 1. The monoisotopic (exact) mass is 370 g/mol. The molecule has 1 heterocycles. The molecular weight excluding hydrogens is 356 g/mol. The summed E-state index contributed by atoms with van der Waals surface area (Å²) in [5.74, 6) is -0.112. The van der Waals surface area contributed by atoms with Gasteiger partial charge in [-0.3, -0.25) is 0 Å². The molecule has 8 heteroatoms. The summed E-state index contributed by atoms with van der Waals surface area (Å²) in [6.45, 7) is 4.94. The Labute approximate surface area is 134 Å². The summed E-state index contributed by atoms with van der Waals surface area (Å²) in [7, 11) is 0. The maximum absolute atomic E-state index is 12.1. The zero-order valence-corrected chi connectivity index (χ0v) is 13.9. The largest absolute Gasteiger partial charge is 0.464 e. The van der Waals surface area contributed by atoms with Gasteiger partial charge in [-0.1, -0.05) is 27.2 Å². The minimum absolute atomic E-state index is 0.112. The van der Waals surface area contributed by atoms with Crippen LogP contribution in [0, 0.1) is 0 Å². The Hall–Kier alpha value is -2.09. The first-order valence-electron chi connectivity index (χ1n) is 6.43. The topological polar surface area (TPSA) is 92.9 Å². The Kier molecular flexibility index (Phi) is 4.41. The molecule has 1 aromatic heterocycles. The Morgan fingerprint density at radius 2 is 2.09 bits per heavy atom. The van der Waals surface area contributed by atoms with Gasteiger partial charge >= 0.3 is 12.2 Å². The number of benzene rings is 1. The maximum Gasteiger partial charge on any atom is 0.425 e. The van der Waals surface area contributed by atoms with Gasteiger partial charge < -0.3 is 14.4 Å². The summed E-state index contributed by atoms with van der Waals surface area (Å²) in [4.78, 5) is 24.0. The van der Waals surface area contributed by atoms with Gasteiger partial charge in [-0.2, -0.15) is 4.90 Å². The Morgan fingerprint density at radius 3 is 2.64 bits per heavy atom. The first-order valence-corrected chi connectivity index (χ1v) is 7.55. The zero-order chi connectivity index (χ0) is 16.5. The molecule has 1 aromatic carbocycles. The minimum atomic E-state index is -1.49. The second-order valence-corrected chi connectivity index (χ2v) is 6.13. The van der Waals surface area contributed by atoms with Crippen molar-refractivity contribution in [3.63, 3.8) is 0 Å². The third-order valence-electron chi connectivity index (χ3n) is 2.65. The van der Waals surface area contributed by atoms with Crippen LogP contribution in [0.4, 0.5) is 15.4 Å². The number of hydrogen-bond donors (Lipinski definition) is 1. The van der Waals surface area contributed by atoms with E-state index in [1.807, 2.05) is 6.07 Å². The Bertz CT molecular complexity index is 720. The van der Waals surface area contributed by atoms with Crippen molar-refractivity contribution in [2.45, 2.75) is 31.7 Å². The SMILES string of the molecule is CC(C)(C)OC(=O)N(C(=O)O)c1noc2ccc(CBr)cc12. The number of anilines is 1. The lowest BCUT2D eigenvalue weighted by Crippen LogP contribution is -2.40. The average Bonchev–Trinajstić information content (AvgIpc) is 2.79. The number of carbonyl (C=O) groups is 2. The summed E-state index contributed by atoms with van der Waals surface area (Å²) in [5, 5.41) is 14.0. The number of aromatic nitrogens is 1. The lowest BCUT2D eigenvalue weighted by atomic mass is 10.2. The lowest BCUT2D eigenvalue weighted by Gasteiger charge is -2.23. The second kappa shape index (κ2) is 5.96. The van der Waals surface area contributed by atoms with Crippen LogP contribution in [-0.4, -0.2) is 28.1 Å². The van der Waals surface area contributed by atoms with E-state index in [0.29, 0.717) is 21.2 Å². The molecule has 0 saturated heterocycles. The molecule has 2 amide bonds. The van der Waals surface area contributed by atoms with Crippen LogP contribution in [0.1, 0.15) is 26.3 Å². The summed E-state index contributed by atoms with van der Waals surface area (Å²) in [6, 6.07) is 5.18. The third-order valence-corrected chi connectivity index (χ3v) is 3.30. The predicted molar refractivity (Wildman–Crippen MR) is 83.4 cm³/mol. The van der Waals surface area contributed by atoms with Crippen LogP contribution in [0.25, 0.3) is 11.0 Å². The summed E-state index contributed by atoms with van der Waals surface area (Å²) < 4.78 is 10.2. The minimum Gasteiger partial charge on any atom is -0.464 e. The lowest BCUT2D eigenvalue weighted by molar-refractivity contribution is 0.0580. The van der Waals surface area contributed by atoms with Crippen LogP contribution in [0.3, 0.4) is 0 Å². The highest BCUT2D eigenvalue weighted by Gasteiger charge is 2.32. The van der Waals surface area contributed by atoms with Gasteiger partial charge in [-0.25, -0.2) is 9.59 Å². The molecular formula is C14H15BrN2O5. The number of carboxylic acid groups (broad SMARTS) is 1. The molecule has 7 nitrogen and oxygen atoms in total. The number of ether oxygens (including phenoxy) is 1. The van der Waals surface area contributed by atoms with Gasteiger partial charge in [-0.05, 0) is 38.5 Å². The molecule has 0 bridgehead atoms. The van der Waals surface area contributed by atoms with Gasteiger partial charge in [0.05, 0.1) is 5.39 Å². The van der Waals surface area contributed by atoms with Gasteiger partial charge in [-0.15, -0.1) is 0 Å². The summed E-state index contributed by atoms with van der Waals surface area (Å²) >= 11 is 3.32. The van der Waals surface area contributed by atoms with Gasteiger partial charge in [0.25, 0.3) is 0 Å². The van der Waals surface area contributed by atoms with Gasteiger partial charge in [0.1, 0.15) is 5.60 Å². The smallest absolute Gasteiger partial charge is 0.425 e. The van der Waals surface area contributed by atoms with Gasteiger partial charge in [0.15, 0.2) is 11.4 Å². The zero-order valence-electron chi connectivity index (χ0n) is 12.3. The molecule has 0 fully saturated rings. The fraction of sp³-hybridized carbons (Fsp3) is 0.357. The van der Waals surface area contributed by atoms with Crippen molar-refractivity contribution >= 4 is 44.9 Å². The van der Waals surface area contributed by atoms with Crippen molar-refractivity contribution in [2.24, 2.45) is 0 Å². The first kappa shape index (κ1) is 16.3. The summed E-state index contributed by atoms with van der Waals surface area (Å²) in [6.07, 6.45) is -2.52. The van der Waals surface area contributed by atoms with E-state index >= 15 is 0 Å². The van der Waals surface area contributed by atoms with E-state index in [4.69, 9.17) is 9.26 Å². The molecule has 0 aliphatic rings. The maximum atomic E-state index is 12.1. The normalized spacial score (nSPS) is 11.5. The van der Waals surface area contributed by atoms with Gasteiger partial charge in [0.2, 0.25) is 0 Å². The van der Waals surface area contributed by atoms with Crippen LogP contribution in [0.15, 0.2) is 22.7 Å². The number of hydrogen-bond acceptors (Lipinski definition) is 5. The fourth-order valence-electron chi connectivity index (χ4n) is 1.78. The number of nitrogens with zero attached hydrogens (tertiary/aromatic N) is 2. The molecule has 118 valence electrons. The van der Waals surface area contributed by atoms with Crippen LogP contribution in [0.5, 0.6) is 0 Å². The van der Waals surface area contributed by atoms with Crippen molar-refractivity contribution < 1.29 is 24.0 Å². The number of alkyl halides is 1. The number of imide groups is 1. The highest BCUT2D eigenvalue weighted by molar-refractivity contribution is 9.08. The van der Waals surface area contributed by atoms with Gasteiger partial charge in [0, 0.05) is 5.33 Å². The predicted octanol–water partition coefficient (Wildman–Crippen LogP) is 4.14. The van der Waals surface area contributed by atoms with E-state index in [9.17, 15) is 14.7 Å². The molecule has 0 saturated carbocycles. The molecule has 0 atom stereocenters. The molecule has 2 rings (SSSR count). The fourth-order valence-corrected chi connectivity index (χ4v) is 2.13. The highest BCUT2D eigenvalue weighted by Crippen LogP contribution is 2.29. The molecule has 0 aliphatic carbocycles. The quantitative estimate of drug-likeness (QED) is 0.798. The van der Waals surface area contributed by atoms with E-state index in [1.165, 1.54) is 0 Å². The standard InChI is InChI=1S/C14H15BrN2O5/c1-14(2,3)21-13(20)17(12(18)19)11-9-6-8(7-15)4-5-10(9)22-16-11/h4-6H,7H2,1-3H3,(H,18,19). The molecule has 0 spiro atoms.